The number of H-pyrrole nitrogens is 1. The Morgan fingerprint density at radius 3 is 2.38 bits per heavy atom. The summed E-state index contributed by atoms with van der Waals surface area (Å²) in [6.07, 6.45) is -9.86. The summed E-state index contributed by atoms with van der Waals surface area (Å²) in [4.78, 5) is 64.0. The molecule has 0 bridgehead atoms. The Hall–Kier alpha value is -4.60. The molecule has 1 aliphatic rings. The summed E-state index contributed by atoms with van der Waals surface area (Å²) in [7, 11) is -9.25. The molecule has 0 aliphatic carbocycles. The van der Waals surface area contributed by atoms with Crippen molar-refractivity contribution in [1.29, 1.82) is 0 Å². The molecule has 3 aromatic rings. The number of amides is 1. The van der Waals surface area contributed by atoms with Crippen LogP contribution in [0.4, 0.5) is 13.2 Å². The first-order valence-corrected chi connectivity index (χ1v) is 20.1. The number of carbonyl (C=O) groups is 2. The quantitative estimate of drug-likeness (QED) is 0.0575. The molecule has 1 fully saturated rings. The first-order chi connectivity index (χ1) is 24.3. The van der Waals surface area contributed by atoms with E-state index in [0.717, 1.165) is 10.8 Å². The maximum atomic E-state index is 13.0. The van der Waals surface area contributed by atoms with Gasteiger partial charge < -0.3 is 10.1 Å². The van der Waals surface area contributed by atoms with Gasteiger partial charge in [-0.25, -0.2) is 4.79 Å². The van der Waals surface area contributed by atoms with E-state index in [1.54, 1.807) is 23.5 Å². The van der Waals surface area contributed by atoms with Crippen molar-refractivity contribution in [2.45, 2.75) is 43.5 Å². The molecule has 4 rings (SSSR count). The molecule has 24 heteroatoms. The first-order valence-electron chi connectivity index (χ1n) is 14.3. The first kappa shape index (κ1) is 40.2. The van der Waals surface area contributed by atoms with Crippen LogP contribution in [0.2, 0.25) is 0 Å². The second-order valence-electron chi connectivity index (χ2n) is 10.7. The third kappa shape index (κ3) is 9.06. The Kier molecular flexibility index (Phi) is 12.3. The van der Waals surface area contributed by atoms with Gasteiger partial charge in [0.15, 0.2) is 0 Å². The van der Waals surface area contributed by atoms with Crippen LogP contribution in [0.15, 0.2) is 70.4 Å². The van der Waals surface area contributed by atoms with Crippen molar-refractivity contribution >= 4 is 33.3 Å². The van der Waals surface area contributed by atoms with E-state index in [1.807, 2.05) is 4.98 Å². The van der Waals surface area contributed by atoms with E-state index in [2.05, 4.69) is 21.0 Å². The molecule has 1 aliphatic heterocycles. The van der Waals surface area contributed by atoms with Gasteiger partial charge in [0.2, 0.25) is 0 Å². The van der Waals surface area contributed by atoms with Crippen molar-refractivity contribution in [3.63, 3.8) is 0 Å². The van der Waals surface area contributed by atoms with Gasteiger partial charge in [-0.3, -0.25) is 4.79 Å². The van der Waals surface area contributed by atoms with Crippen LogP contribution in [0.1, 0.15) is 29.3 Å². The minimum Gasteiger partial charge on any atom is -0.335 e. The third-order valence-corrected chi connectivity index (χ3v) is 16.1. The molecule has 0 radical (unpaired) electrons. The summed E-state index contributed by atoms with van der Waals surface area (Å²) >= 11 is 0. The fourth-order valence-corrected chi connectivity index (χ4v) is 8.09. The van der Waals surface area contributed by atoms with E-state index in [9.17, 15) is 65.9 Å². The number of aliphatic hydroxyl groups excluding tert-OH is 1. The molecule has 1 amide bonds. The van der Waals surface area contributed by atoms with Crippen LogP contribution in [-0.4, -0.2) is 57.6 Å². The van der Waals surface area contributed by atoms with Gasteiger partial charge in [-0.2, -0.15) is 13.2 Å². The Morgan fingerprint density at radius 1 is 1.10 bits per heavy atom. The standard InChI is InChI=1S/C28H24F3N3O15P3/c29-28(30,31)26(38)32-20(12-16-5-2-1-3-6-16)25(37)47-19-8-4-7-17(11-19)9-10-18-14-34(27(39)33-24(18)36)23-13-21(35)22(48-23)15-46-52(45,49-40,50(41)42)51(43)44/h1-8,11,14,20-23,35,40H,12-13,15H2,(H,32,38)(H,33,36,39)/q-1/p-1/t20?,21-,22+,23+/m0/s1. The van der Waals surface area contributed by atoms with Crippen molar-refractivity contribution in [1.82, 2.24) is 14.9 Å². The molecule has 0 spiro atoms. The van der Waals surface area contributed by atoms with Crippen molar-refractivity contribution in [3.8, 4) is 17.6 Å². The van der Waals surface area contributed by atoms with Gasteiger partial charge in [0.05, 0.1) is 0 Å². The zero-order chi connectivity index (χ0) is 38.5. The zero-order valence-corrected chi connectivity index (χ0v) is 28.5. The Bertz CT molecular complexity index is 2140. The second kappa shape index (κ2) is 16.0. The average Bonchev–Trinajstić information content (AvgIpc) is 3.46. The topological polar surface area (TPSA) is 273 Å². The Balaban J connectivity index is 1.52. The summed E-state index contributed by atoms with van der Waals surface area (Å²) in [5, 5.41) is 22.9. The van der Waals surface area contributed by atoms with Crippen LogP contribution in [0.3, 0.4) is 0 Å². The molecule has 1 aromatic heterocycles. The number of ether oxygens (including phenoxy) is 2. The number of nitrogens with zero attached hydrogens (tertiary/aromatic N) is 1. The summed E-state index contributed by atoms with van der Waals surface area (Å²) in [5.74, 6) is 1.23. The van der Waals surface area contributed by atoms with Crippen LogP contribution in [0.25, 0.3) is 0 Å². The van der Waals surface area contributed by atoms with E-state index >= 15 is 0 Å². The number of halogens is 3. The summed E-state index contributed by atoms with van der Waals surface area (Å²) < 4.78 is 103. The SMILES string of the molecule is O=C(Oc1cccc(C#Cc2cn([C@H]3C[C@H](O)[C@@H](COP([O-])(O[O-])(P(=O)=O)P(=O)=O)O3)c(=O)[nH]c2=O)c1)C(Cc1ccccc1)NC(=O)C(F)(F)F. The molecule has 2 heterocycles. The number of nitrogens with one attached hydrogen (secondary N) is 2. The smallest absolute Gasteiger partial charge is 0.335 e. The van der Waals surface area contributed by atoms with Gasteiger partial charge in [-0.1, -0.05) is 36.4 Å². The number of aliphatic hydroxyl groups is 1. The summed E-state index contributed by atoms with van der Waals surface area (Å²) in [6, 6.07) is 11.3. The van der Waals surface area contributed by atoms with Gasteiger partial charge in [-0.05, 0) is 11.6 Å². The number of carbonyl (C=O) groups excluding carboxylic acids is 2. The van der Waals surface area contributed by atoms with Crippen LogP contribution >= 0.6 is 21.4 Å². The monoisotopic (exact) mass is 791 g/mol. The van der Waals surface area contributed by atoms with E-state index in [1.165, 1.54) is 36.4 Å². The molecule has 52 heavy (non-hydrogen) atoms. The van der Waals surface area contributed by atoms with Gasteiger partial charge in [-0.15, -0.1) is 0 Å². The fourth-order valence-electron chi connectivity index (χ4n) is 4.50. The van der Waals surface area contributed by atoms with Crippen LogP contribution in [-0.2, 0) is 48.2 Å². The van der Waals surface area contributed by atoms with Gasteiger partial charge in [0.25, 0.3) is 0 Å². The minimum atomic E-state index is -7.04. The molecular weight excluding hydrogens is 768 g/mol. The van der Waals surface area contributed by atoms with Crippen molar-refractivity contribution < 1.29 is 74.9 Å². The number of aromatic nitrogens is 2. The number of hydrogen-bond donors (Lipinski definition) is 3. The molecule has 278 valence electrons. The summed E-state index contributed by atoms with van der Waals surface area (Å²) in [5.41, 5.74) is -1.92. The minimum absolute atomic E-state index is 0.0964. The maximum absolute atomic E-state index is 13.0. The molecule has 4 atom stereocenters. The van der Waals surface area contributed by atoms with E-state index < -0.39 is 88.2 Å². The second-order valence-corrected chi connectivity index (χ2v) is 20.7. The molecular formula is C28H23F3N3O15P3-2. The number of esters is 1. The van der Waals surface area contributed by atoms with Crippen molar-refractivity contribution in [2.75, 3.05) is 6.61 Å². The predicted molar refractivity (Wildman–Crippen MR) is 163 cm³/mol. The van der Waals surface area contributed by atoms with E-state index in [0.29, 0.717) is 5.56 Å². The zero-order valence-electron chi connectivity index (χ0n) is 25.8. The Labute approximate surface area is 289 Å². The molecule has 3 N–H and O–H groups in total. The summed E-state index contributed by atoms with van der Waals surface area (Å²) in [6.45, 7) is -8.31. The fraction of sp³-hybridized carbons (Fsp3) is 0.286. The number of alkyl halides is 3. The number of aromatic amines is 1. The molecule has 2 aromatic carbocycles. The van der Waals surface area contributed by atoms with Gasteiger partial charge in [0.1, 0.15) is 11.8 Å². The third-order valence-electron chi connectivity index (χ3n) is 7.14. The van der Waals surface area contributed by atoms with Crippen molar-refractivity contribution in [2.24, 2.45) is 0 Å². The Morgan fingerprint density at radius 2 is 1.77 bits per heavy atom. The molecule has 1 saturated heterocycles. The molecule has 18 nitrogen and oxygen atoms in total. The molecule has 1 unspecified atom stereocenters. The van der Waals surface area contributed by atoms with Crippen molar-refractivity contribution in [3.05, 3.63) is 98.3 Å². The number of hydrogen-bond acceptors (Lipinski definition) is 15. The number of benzene rings is 2. The average molecular weight is 791 g/mol. The number of rotatable bonds is 12. The molecule has 0 saturated carbocycles. The predicted octanol–water partition coefficient (Wildman–Crippen LogP) is 0.923. The van der Waals surface area contributed by atoms with Gasteiger partial charge >= 0.3 is 190 Å². The van der Waals surface area contributed by atoms with Crippen LogP contribution < -0.4 is 31.5 Å². The van der Waals surface area contributed by atoms with E-state index in [4.69, 9.17) is 9.47 Å². The normalized spacial score (nSPS) is 18.6. The van der Waals surface area contributed by atoms with Crippen LogP contribution in [0, 0.1) is 11.8 Å². The van der Waals surface area contributed by atoms with Gasteiger partial charge in [0, 0.05) is 6.42 Å². The van der Waals surface area contributed by atoms with Crippen LogP contribution in [0.5, 0.6) is 5.75 Å². The van der Waals surface area contributed by atoms with E-state index in [-0.39, 0.29) is 23.3 Å².